The van der Waals surface area contributed by atoms with E-state index in [9.17, 15) is 4.79 Å². The molecule has 0 aromatic heterocycles. The molecule has 14 heavy (non-hydrogen) atoms. The molecular formula is C12H15NO. The quantitative estimate of drug-likeness (QED) is 0.731. The van der Waals surface area contributed by atoms with Gasteiger partial charge in [-0.05, 0) is 5.56 Å². The summed E-state index contributed by atoms with van der Waals surface area (Å²) >= 11 is 0. The number of benzene rings is 1. The van der Waals surface area contributed by atoms with Crippen LogP contribution in [0.4, 0.5) is 0 Å². The van der Waals surface area contributed by atoms with Crippen molar-refractivity contribution in [2.24, 2.45) is 5.92 Å². The highest BCUT2D eigenvalue weighted by Crippen LogP contribution is 2.26. The Labute approximate surface area is 84.3 Å². The summed E-state index contributed by atoms with van der Waals surface area (Å²) in [6, 6.07) is 10.4. The number of hydrogen-bond acceptors (Lipinski definition) is 2. The van der Waals surface area contributed by atoms with Gasteiger partial charge in [0, 0.05) is 24.9 Å². The van der Waals surface area contributed by atoms with Crippen LogP contribution in [0.2, 0.25) is 0 Å². The average molecular weight is 189 g/mol. The minimum Gasteiger partial charge on any atom is -0.309 e. The van der Waals surface area contributed by atoms with Crippen molar-refractivity contribution in [3.05, 3.63) is 35.9 Å². The first kappa shape index (κ1) is 9.41. The van der Waals surface area contributed by atoms with Gasteiger partial charge in [-0.15, -0.1) is 0 Å². The molecule has 0 amide bonds. The molecule has 1 aromatic carbocycles. The van der Waals surface area contributed by atoms with Crippen molar-refractivity contribution in [3.63, 3.8) is 0 Å². The van der Waals surface area contributed by atoms with Crippen LogP contribution in [-0.4, -0.2) is 12.3 Å². The fraction of sp³-hybridized carbons (Fsp3) is 0.417. The number of Topliss-reactive ketones (excluding diaryl/α,β-unsaturated/α-hetero) is 1. The highest BCUT2D eigenvalue weighted by molar-refractivity contribution is 5.82. The first-order valence-electron chi connectivity index (χ1n) is 5.10. The van der Waals surface area contributed by atoms with Crippen LogP contribution in [0.5, 0.6) is 0 Å². The number of ketones is 1. The maximum atomic E-state index is 11.5. The Balaban J connectivity index is 2.22. The molecule has 2 unspecified atom stereocenters. The summed E-state index contributed by atoms with van der Waals surface area (Å²) < 4.78 is 0. The molecule has 74 valence electrons. The average Bonchev–Trinajstić information content (AvgIpc) is 2.23. The number of nitrogens with one attached hydrogen (secondary N) is 1. The molecule has 2 rings (SSSR count). The minimum atomic E-state index is 0.103. The fourth-order valence-corrected chi connectivity index (χ4v) is 2.01. The van der Waals surface area contributed by atoms with Gasteiger partial charge in [0.25, 0.3) is 0 Å². The van der Waals surface area contributed by atoms with E-state index in [0.717, 1.165) is 6.54 Å². The Morgan fingerprint density at radius 1 is 1.29 bits per heavy atom. The van der Waals surface area contributed by atoms with Gasteiger partial charge in [0.15, 0.2) is 0 Å². The van der Waals surface area contributed by atoms with Crippen molar-refractivity contribution in [3.8, 4) is 0 Å². The third-order valence-electron chi connectivity index (χ3n) is 2.90. The third-order valence-corrected chi connectivity index (χ3v) is 2.90. The maximum Gasteiger partial charge on any atom is 0.138 e. The molecule has 0 radical (unpaired) electrons. The molecule has 0 bridgehead atoms. The van der Waals surface area contributed by atoms with Crippen LogP contribution < -0.4 is 5.32 Å². The lowest BCUT2D eigenvalue weighted by Crippen LogP contribution is -2.38. The molecule has 1 fully saturated rings. The van der Waals surface area contributed by atoms with E-state index in [-0.39, 0.29) is 12.0 Å². The molecule has 2 heteroatoms. The second-order valence-electron chi connectivity index (χ2n) is 3.85. The largest absolute Gasteiger partial charge is 0.309 e. The van der Waals surface area contributed by atoms with Crippen LogP contribution in [0.25, 0.3) is 0 Å². The van der Waals surface area contributed by atoms with Crippen LogP contribution in [0.1, 0.15) is 24.9 Å². The van der Waals surface area contributed by atoms with Gasteiger partial charge in [-0.2, -0.15) is 0 Å². The molecule has 0 saturated carbocycles. The van der Waals surface area contributed by atoms with Crippen molar-refractivity contribution in [1.29, 1.82) is 0 Å². The van der Waals surface area contributed by atoms with Gasteiger partial charge < -0.3 is 5.32 Å². The van der Waals surface area contributed by atoms with Crippen LogP contribution in [0, 0.1) is 5.92 Å². The van der Waals surface area contributed by atoms with Crippen LogP contribution in [-0.2, 0) is 4.79 Å². The molecule has 2 atom stereocenters. The van der Waals surface area contributed by atoms with Crippen molar-refractivity contribution in [2.45, 2.75) is 19.4 Å². The fourth-order valence-electron chi connectivity index (χ4n) is 2.01. The molecule has 1 aliphatic heterocycles. The molecule has 0 aliphatic carbocycles. The molecule has 1 N–H and O–H groups in total. The molecule has 1 heterocycles. The van der Waals surface area contributed by atoms with Crippen molar-refractivity contribution < 1.29 is 4.79 Å². The predicted octanol–water partition coefficient (Wildman–Crippen LogP) is 1.93. The maximum absolute atomic E-state index is 11.5. The van der Waals surface area contributed by atoms with Gasteiger partial charge in [0.2, 0.25) is 0 Å². The second kappa shape index (κ2) is 3.93. The van der Waals surface area contributed by atoms with E-state index in [1.165, 1.54) is 5.56 Å². The summed E-state index contributed by atoms with van der Waals surface area (Å²) in [5, 5.41) is 3.39. The van der Waals surface area contributed by atoms with Gasteiger partial charge in [-0.3, -0.25) is 4.79 Å². The van der Waals surface area contributed by atoms with E-state index in [2.05, 4.69) is 17.4 Å². The lowest BCUT2D eigenvalue weighted by Gasteiger charge is -2.29. The number of hydrogen-bond donors (Lipinski definition) is 1. The zero-order chi connectivity index (χ0) is 9.97. The van der Waals surface area contributed by atoms with E-state index in [4.69, 9.17) is 0 Å². The Kier molecular flexibility index (Phi) is 2.64. The lowest BCUT2D eigenvalue weighted by molar-refractivity contribution is -0.124. The van der Waals surface area contributed by atoms with Crippen LogP contribution in [0.15, 0.2) is 30.3 Å². The first-order valence-corrected chi connectivity index (χ1v) is 5.10. The predicted molar refractivity (Wildman–Crippen MR) is 56.0 cm³/mol. The van der Waals surface area contributed by atoms with E-state index in [1.807, 2.05) is 25.1 Å². The third kappa shape index (κ3) is 1.70. The van der Waals surface area contributed by atoms with Crippen LogP contribution >= 0.6 is 0 Å². The number of piperidine rings is 1. The van der Waals surface area contributed by atoms with Gasteiger partial charge in [0.1, 0.15) is 5.78 Å². The van der Waals surface area contributed by atoms with Crippen molar-refractivity contribution in [1.82, 2.24) is 5.32 Å². The van der Waals surface area contributed by atoms with Gasteiger partial charge in [0.05, 0.1) is 0 Å². The van der Waals surface area contributed by atoms with E-state index in [1.54, 1.807) is 0 Å². The van der Waals surface area contributed by atoms with Crippen molar-refractivity contribution >= 4 is 5.78 Å². The molecule has 0 spiro atoms. The SMILES string of the molecule is CC1C(=O)CCNC1c1ccccc1. The second-order valence-corrected chi connectivity index (χ2v) is 3.85. The van der Waals surface area contributed by atoms with Gasteiger partial charge >= 0.3 is 0 Å². The molecule has 2 nitrogen and oxygen atoms in total. The van der Waals surface area contributed by atoms with Crippen molar-refractivity contribution in [2.75, 3.05) is 6.54 Å². The summed E-state index contributed by atoms with van der Waals surface area (Å²) in [7, 11) is 0. The number of rotatable bonds is 1. The molecule has 1 aromatic rings. The van der Waals surface area contributed by atoms with Gasteiger partial charge in [-0.1, -0.05) is 37.3 Å². The van der Waals surface area contributed by atoms with Crippen LogP contribution in [0.3, 0.4) is 0 Å². The molecule has 1 saturated heterocycles. The number of carbonyl (C=O) groups excluding carboxylic acids is 1. The Hall–Kier alpha value is -1.15. The standard InChI is InChI=1S/C12H15NO/c1-9-11(14)7-8-13-12(9)10-5-3-2-4-6-10/h2-6,9,12-13H,7-8H2,1H3. The monoisotopic (exact) mass is 189 g/mol. The first-order chi connectivity index (χ1) is 6.79. The van der Waals surface area contributed by atoms with E-state index in [0.29, 0.717) is 12.2 Å². The smallest absolute Gasteiger partial charge is 0.138 e. The summed E-state index contributed by atoms with van der Waals surface area (Å²) in [5.41, 5.74) is 1.22. The minimum absolute atomic E-state index is 0.103. The Morgan fingerprint density at radius 2 is 2.00 bits per heavy atom. The molecular weight excluding hydrogens is 174 g/mol. The Morgan fingerprint density at radius 3 is 2.71 bits per heavy atom. The van der Waals surface area contributed by atoms with E-state index >= 15 is 0 Å². The summed E-state index contributed by atoms with van der Waals surface area (Å²) in [6.45, 7) is 2.81. The normalized spacial score (nSPS) is 27.6. The lowest BCUT2D eigenvalue weighted by atomic mass is 9.87. The number of carbonyl (C=O) groups is 1. The summed E-state index contributed by atoms with van der Waals surface area (Å²) in [6.07, 6.45) is 0.671. The summed E-state index contributed by atoms with van der Waals surface area (Å²) in [5.74, 6) is 0.476. The molecule has 1 aliphatic rings. The van der Waals surface area contributed by atoms with Gasteiger partial charge in [-0.25, -0.2) is 0 Å². The zero-order valence-electron chi connectivity index (χ0n) is 8.36. The summed E-state index contributed by atoms with van der Waals surface area (Å²) in [4.78, 5) is 11.5. The topological polar surface area (TPSA) is 29.1 Å². The Bertz CT molecular complexity index is 320. The highest BCUT2D eigenvalue weighted by Gasteiger charge is 2.28. The van der Waals surface area contributed by atoms with E-state index < -0.39 is 0 Å². The highest BCUT2D eigenvalue weighted by atomic mass is 16.1. The zero-order valence-corrected chi connectivity index (χ0v) is 8.36.